The fraction of sp³-hybridized carbons (Fsp3) is 0.647. The van der Waals surface area contributed by atoms with Crippen LogP contribution in [0.15, 0.2) is 23.1 Å². The van der Waals surface area contributed by atoms with Crippen LogP contribution in [0.1, 0.15) is 19.3 Å². The van der Waals surface area contributed by atoms with Crippen molar-refractivity contribution in [3.63, 3.8) is 0 Å². The molecule has 3 aliphatic rings. The van der Waals surface area contributed by atoms with E-state index in [0.717, 1.165) is 31.9 Å². The zero-order chi connectivity index (χ0) is 16.7. The van der Waals surface area contributed by atoms with E-state index in [-0.39, 0.29) is 10.1 Å². The van der Waals surface area contributed by atoms with Gasteiger partial charge in [0.15, 0.2) is 9.84 Å². The summed E-state index contributed by atoms with van der Waals surface area (Å²) in [6.07, 6.45) is 3.20. The van der Waals surface area contributed by atoms with Gasteiger partial charge in [0.25, 0.3) is 0 Å². The van der Waals surface area contributed by atoms with E-state index in [1.807, 2.05) is 12.1 Å². The summed E-state index contributed by atoms with van der Waals surface area (Å²) >= 11 is 6.39. The molecule has 3 saturated heterocycles. The van der Waals surface area contributed by atoms with Crippen LogP contribution in [0.4, 0.5) is 5.69 Å². The molecule has 5 nitrogen and oxygen atoms in total. The highest BCUT2D eigenvalue weighted by Gasteiger charge is 2.33. The predicted octanol–water partition coefficient (Wildman–Crippen LogP) is 1.76. The minimum absolute atomic E-state index is 0.279. The van der Waals surface area contributed by atoms with Crippen molar-refractivity contribution in [1.29, 1.82) is 0 Å². The van der Waals surface area contributed by atoms with Gasteiger partial charge < -0.3 is 10.2 Å². The average Bonchev–Trinajstić information content (AvgIpc) is 3.25. The van der Waals surface area contributed by atoms with Crippen molar-refractivity contribution < 1.29 is 8.42 Å². The first-order valence-electron chi connectivity index (χ1n) is 8.79. The molecule has 7 heteroatoms. The highest BCUT2D eigenvalue weighted by Crippen LogP contribution is 2.32. The molecule has 132 valence electrons. The monoisotopic (exact) mass is 369 g/mol. The van der Waals surface area contributed by atoms with E-state index in [2.05, 4.69) is 15.1 Å². The molecule has 0 amide bonds. The van der Waals surface area contributed by atoms with Crippen molar-refractivity contribution in [1.82, 2.24) is 10.2 Å². The van der Waals surface area contributed by atoms with Crippen molar-refractivity contribution in [3.8, 4) is 0 Å². The lowest BCUT2D eigenvalue weighted by Crippen LogP contribution is -2.50. The highest BCUT2D eigenvalue weighted by atomic mass is 35.5. The predicted molar refractivity (Wildman–Crippen MR) is 96.7 cm³/mol. The molecule has 4 rings (SSSR count). The molecule has 0 bridgehead atoms. The Kier molecular flexibility index (Phi) is 4.49. The molecule has 1 unspecified atom stereocenters. The molecule has 0 aliphatic carbocycles. The zero-order valence-electron chi connectivity index (χ0n) is 13.7. The van der Waals surface area contributed by atoms with E-state index < -0.39 is 9.84 Å². The van der Waals surface area contributed by atoms with Gasteiger partial charge >= 0.3 is 0 Å². The topological polar surface area (TPSA) is 52.7 Å². The van der Waals surface area contributed by atoms with Crippen molar-refractivity contribution in [2.24, 2.45) is 0 Å². The maximum absolute atomic E-state index is 12.7. The Labute approximate surface area is 148 Å². The Balaban J connectivity index is 1.56. The first-order chi connectivity index (χ1) is 11.6. The third-order valence-corrected chi connectivity index (χ3v) is 8.30. The molecule has 0 saturated carbocycles. The van der Waals surface area contributed by atoms with Gasteiger partial charge in [-0.2, -0.15) is 0 Å². The molecular weight excluding hydrogens is 346 g/mol. The Bertz CT molecular complexity index is 719. The molecular formula is C17H24ClN3O2S. The van der Waals surface area contributed by atoms with Crippen LogP contribution >= 0.6 is 11.6 Å². The van der Waals surface area contributed by atoms with Gasteiger partial charge in [0.2, 0.25) is 0 Å². The van der Waals surface area contributed by atoms with E-state index in [9.17, 15) is 8.42 Å². The quantitative estimate of drug-likeness (QED) is 0.879. The number of halogens is 1. The first-order valence-corrected chi connectivity index (χ1v) is 10.7. The van der Waals surface area contributed by atoms with Crippen LogP contribution in [0, 0.1) is 0 Å². The van der Waals surface area contributed by atoms with Gasteiger partial charge in [-0.1, -0.05) is 11.6 Å². The molecule has 2 atom stereocenters. The van der Waals surface area contributed by atoms with Gasteiger partial charge in [0.05, 0.1) is 15.2 Å². The number of nitrogens with zero attached hydrogens (tertiary/aromatic N) is 2. The Morgan fingerprint density at radius 2 is 2.04 bits per heavy atom. The lowest BCUT2D eigenvalue weighted by Gasteiger charge is -2.39. The molecule has 3 aliphatic heterocycles. The van der Waals surface area contributed by atoms with Crippen LogP contribution in [0.5, 0.6) is 0 Å². The molecule has 1 aromatic rings. The molecule has 3 fully saturated rings. The van der Waals surface area contributed by atoms with Crippen LogP contribution in [0.25, 0.3) is 0 Å². The summed E-state index contributed by atoms with van der Waals surface area (Å²) in [4.78, 5) is 5.18. The fourth-order valence-electron chi connectivity index (χ4n) is 4.22. The van der Waals surface area contributed by atoms with Gasteiger partial charge in [-0.3, -0.25) is 4.90 Å². The molecule has 0 spiro atoms. The second-order valence-electron chi connectivity index (χ2n) is 7.05. The number of hydrogen-bond acceptors (Lipinski definition) is 5. The largest absolute Gasteiger partial charge is 0.369 e. The number of benzene rings is 1. The second kappa shape index (κ2) is 6.48. The number of rotatable bonds is 3. The van der Waals surface area contributed by atoms with Gasteiger partial charge in [-0.05, 0) is 50.6 Å². The van der Waals surface area contributed by atoms with Crippen LogP contribution < -0.4 is 10.2 Å². The molecule has 24 heavy (non-hydrogen) atoms. The molecule has 3 heterocycles. The summed E-state index contributed by atoms with van der Waals surface area (Å²) in [5.74, 6) is 0. The number of nitrogens with one attached hydrogen (secondary N) is 1. The zero-order valence-corrected chi connectivity index (χ0v) is 15.3. The summed E-state index contributed by atoms with van der Waals surface area (Å²) < 4.78 is 25.5. The van der Waals surface area contributed by atoms with Gasteiger partial charge in [-0.25, -0.2) is 8.42 Å². The summed E-state index contributed by atoms with van der Waals surface area (Å²) in [6, 6.07) is 6.09. The van der Waals surface area contributed by atoms with Gasteiger partial charge in [-0.15, -0.1) is 0 Å². The lowest BCUT2D eigenvalue weighted by atomic mass is 10.1. The van der Waals surface area contributed by atoms with Crippen molar-refractivity contribution in [2.75, 3.05) is 44.2 Å². The van der Waals surface area contributed by atoms with E-state index in [1.165, 1.54) is 19.4 Å². The third kappa shape index (κ3) is 2.94. The first kappa shape index (κ1) is 16.6. The smallest absolute Gasteiger partial charge is 0.183 e. The number of sulfone groups is 1. The minimum atomic E-state index is -3.35. The third-order valence-electron chi connectivity index (χ3n) is 5.63. The molecule has 0 radical (unpaired) electrons. The second-order valence-corrected chi connectivity index (χ2v) is 9.66. The number of anilines is 1. The average molecular weight is 370 g/mol. The van der Waals surface area contributed by atoms with E-state index in [0.29, 0.717) is 24.0 Å². The van der Waals surface area contributed by atoms with Gasteiger partial charge in [0, 0.05) is 37.9 Å². The lowest BCUT2D eigenvalue weighted by molar-refractivity contribution is 0.231. The van der Waals surface area contributed by atoms with E-state index in [1.54, 1.807) is 6.07 Å². The number of hydrogen-bond donors (Lipinski definition) is 1. The summed E-state index contributed by atoms with van der Waals surface area (Å²) in [6.45, 7) is 5.55. The normalized spacial score (nSPS) is 28.3. The summed E-state index contributed by atoms with van der Waals surface area (Å²) in [7, 11) is -3.35. The van der Waals surface area contributed by atoms with Crippen LogP contribution in [-0.2, 0) is 9.84 Å². The number of fused-ring (bicyclic) bond motifs is 1. The van der Waals surface area contributed by atoms with Crippen LogP contribution in [0.3, 0.4) is 0 Å². The standard InChI is InChI=1S/C17H24ClN3O2S/c18-16-10-13(21-9-8-20-7-1-2-14(20)12-21)3-4-17(16)24(22,23)15-5-6-19-11-15/h3-4,10,14-15,19H,1-2,5-9,11-12H2/t14-,15?/m0/s1. The summed E-state index contributed by atoms with van der Waals surface area (Å²) in [5, 5.41) is 3.11. The minimum Gasteiger partial charge on any atom is -0.369 e. The number of piperazine rings is 1. The van der Waals surface area contributed by atoms with Crippen LogP contribution in [-0.4, -0.2) is 63.9 Å². The summed E-state index contributed by atoms with van der Waals surface area (Å²) in [5.41, 5.74) is 1.04. The van der Waals surface area contributed by atoms with Gasteiger partial charge in [0.1, 0.15) is 0 Å². The molecule has 1 aromatic carbocycles. The Morgan fingerprint density at radius 1 is 1.17 bits per heavy atom. The Hall–Kier alpha value is -0.820. The SMILES string of the molecule is O=S(=O)(c1ccc(N2CCN3CCC[C@H]3C2)cc1Cl)C1CCNC1. The molecule has 0 aromatic heterocycles. The highest BCUT2D eigenvalue weighted by molar-refractivity contribution is 7.92. The van der Waals surface area contributed by atoms with Crippen molar-refractivity contribution >= 4 is 27.1 Å². The van der Waals surface area contributed by atoms with Crippen LogP contribution in [0.2, 0.25) is 5.02 Å². The van der Waals surface area contributed by atoms with Crippen molar-refractivity contribution in [2.45, 2.75) is 35.4 Å². The van der Waals surface area contributed by atoms with Crippen molar-refractivity contribution in [3.05, 3.63) is 23.2 Å². The fourth-order valence-corrected chi connectivity index (χ4v) is 6.43. The maximum Gasteiger partial charge on any atom is 0.183 e. The maximum atomic E-state index is 12.7. The molecule has 1 N–H and O–H groups in total. The van der Waals surface area contributed by atoms with E-state index >= 15 is 0 Å². The Morgan fingerprint density at radius 3 is 2.79 bits per heavy atom. The van der Waals surface area contributed by atoms with E-state index in [4.69, 9.17) is 11.6 Å².